The lowest BCUT2D eigenvalue weighted by molar-refractivity contribution is -0.159. The number of allylic oxidation sites excluding steroid dienone is 1. The molecule has 15 bridgehead atoms. The number of unbranched alkanes of at least 4 members (excludes halogenated alkanes) is 4. The van der Waals surface area contributed by atoms with E-state index in [4.69, 9.17) is 33.9 Å². The van der Waals surface area contributed by atoms with Crippen molar-refractivity contribution in [2.45, 2.75) is 361 Å². The predicted molar refractivity (Wildman–Crippen MR) is 587 cm³/mol. The zero-order chi connectivity index (χ0) is 109. The number of hydrogen-bond donors (Lipinski definition) is 9. The smallest absolute Gasteiger partial charge is 0.325 e. The minimum atomic E-state index is -1.07. The lowest BCUT2D eigenvalue weighted by Gasteiger charge is -2.38. The van der Waals surface area contributed by atoms with E-state index in [1.807, 2.05) is 191 Å². The van der Waals surface area contributed by atoms with Crippen molar-refractivity contribution in [3.05, 3.63) is 155 Å². The molecular formula is C117H176N16O15. The number of hydrogen-bond acceptors (Lipinski definition) is 22. The molecule has 31 heteroatoms. The van der Waals surface area contributed by atoms with Gasteiger partial charge in [0, 0.05) is 59.4 Å². The average Bonchev–Trinajstić information content (AvgIpc) is 1.83. The highest BCUT2D eigenvalue weighted by Crippen LogP contribution is 2.43. The molecule has 9 amide bonds. The first-order valence-corrected chi connectivity index (χ1v) is 54.5. The van der Waals surface area contributed by atoms with E-state index < -0.39 is 112 Å². The number of carbonyl (C=O) groups excluding carboxylic acids is 11. The number of nitrogens with zero attached hydrogens (tertiary/aromatic N) is 7. The molecule has 8 aliphatic rings. The third-order valence-electron chi connectivity index (χ3n) is 28.7. The molecule has 31 nitrogen and oxygen atoms in total. The van der Waals surface area contributed by atoms with Crippen molar-refractivity contribution in [2.75, 3.05) is 53.1 Å². The molecule has 6 aromatic rings. The van der Waals surface area contributed by atoms with E-state index >= 15 is 0 Å². The fraction of sp³-hybridized carbons (Fsp3) is 0.607. The van der Waals surface area contributed by atoms with E-state index in [0.29, 0.717) is 95.1 Å². The van der Waals surface area contributed by atoms with Crippen molar-refractivity contribution < 1.29 is 71.7 Å². The number of cyclic esters (lactones) is 2. The zero-order valence-electron chi connectivity index (χ0n) is 93.5. The van der Waals surface area contributed by atoms with Crippen molar-refractivity contribution in [3.63, 3.8) is 0 Å². The summed E-state index contributed by atoms with van der Waals surface area (Å²) in [5.41, 5.74) is 14.4. The largest absolute Gasteiger partial charge is 0.455 e. The number of rotatable bonds is 12. The fourth-order valence-corrected chi connectivity index (χ4v) is 17.4. The minimum Gasteiger partial charge on any atom is -0.455 e. The average molecular weight is 2050 g/mol. The van der Waals surface area contributed by atoms with Crippen LogP contribution in [0, 0.1) is 45.3 Å². The van der Waals surface area contributed by atoms with Crippen molar-refractivity contribution in [3.8, 4) is 0 Å². The minimum absolute atomic E-state index is 0.0520. The number of aromatic nitrogens is 3. The van der Waals surface area contributed by atoms with Gasteiger partial charge in [0.25, 0.3) is 17.7 Å². The summed E-state index contributed by atoms with van der Waals surface area (Å²) in [6.45, 7) is 56.0. The normalized spacial score (nSPS) is 26.1. The highest BCUT2D eigenvalue weighted by Gasteiger charge is 2.46. The van der Waals surface area contributed by atoms with Gasteiger partial charge in [0.05, 0.1) is 76.9 Å². The second-order valence-electron chi connectivity index (χ2n) is 43.6. The summed E-state index contributed by atoms with van der Waals surface area (Å²) >= 11 is 0. The second kappa shape index (κ2) is 57.6. The van der Waals surface area contributed by atoms with Crippen LogP contribution < -0.4 is 48.2 Å². The van der Waals surface area contributed by atoms with E-state index in [1.54, 1.807) is 59.6 Å². The molecule has 1 saturated carbocycles. The summed E-state index contributed by atoms with van der Waals surface area (Å²) < 4.78 is 22.9. The van der Waals surface area contributed by atoms with Gasteiger partial charge in [0.1, 0.15) is 66.6 Å². The third-order valence-corrected chi connectivity index (χ3v) is 28.7. The number of amides is 9. The molecule has 148 heavy (non-hydrogen) atoms. The highest BCUT2D eigenvalue weighted by atomic mass is 16.6. The van der Waals surface area contributed by atoms with Gasteiger partial charge in [-0.1, -0.05) is 280 Å². The second-order valence-corrected chi connectivity index (χ2v) is 43.6. The third kappa shape index (κ3) is 34.3. The summed E-state index contributed by atoms with van der Waals surface area (Å²) in [4.78, 5) is 165. The summed E-state index contributed by atoms with van der Waals surface area (Å²) in [5, 5.41) is 24.9. The number of ether oxygens (including phenoxy) is 4. The number of pyridine rings is 3. The van der Waals surface area contributed by atoms with Crippen LogP contribution in [0.4, 0.5) is 0 Å². The van der Waals surface area contributed by atoms with Crippen LogP contribution in [0.25, 0.3) is 50.9 Å². The molecule has 5 fully saturated rings. The Bertz CT molecular complexity index is 5520. The maximum Gasteiger partial charge on any atom is 0.325 e. The molecule has 0 spiro atoms. The van der Waals surface area contributed by atoms with Gasteiger partial charge in [0.2, 0.25) is 35.4 Å². The van der Waals surface area contributed by atoms with Crippen LogP contribution in [0.5, 0.6) is 0 Å². The van der Waals surface area contributed by atoms with Gasteiger partial charge < -0.3 is 55.7 Å². The molecule has 7 aliphatic heterocycles. The molecule has 3 aromatic heterocycles. The molecule has 0 radical (unpaired) electrons. The fourth-order valence-electron chi connectivity index (χ4n) is 17.4. The van der Waals surface area contributed by atoms with Gasteiger partial charge in [-0.05, 0) is 184 Å². The molecule has 814 valence electrons. The van der Waals surface area contributed by atoms with E-state index in [2.05, 4.69) is 116 Å². The van der Waals surface area contributed by atoms with E-state index in [1.165, 1.54) is 66.4 Å². The molecule has 9 N–H and O–H groups in total. The van der Waals surface area contributed by atoms with Gasteiger partial charge in [-0.3, -0.25) is 72.8 Å². The van der Waals surface area contributed by atoms with Crippen LogP contribution in [0.15, 0.2) is 121 Å². The quantitative estimate of drug-likeness (QED) is 0.0514. The first-order valence-electron chi connectivity index (χ1n) is 54.5. The first-order chi connectivity index (χ1) is 70.1. The van der Waals surface area contributed by atoms with Crippen molar-refractivity contribution in [2.24, 2.45) is 45.3 Å². The highest BCUT2D eigenvalue weighted by molar-refractivity contribution is 5.97. The lowest BCUT2D eigenvalue weighted by Crippen LogP contribution is -2.63. The standard InChI is InChI=1S/C35H47N5O7.C34H45N5O5.C32H44N6O3.4C4H10/c1-21(2)29-30(41)37-28(17-45-18-35(6)19-46-20-35)31(42)40-15-7-8-26(39-40)32(43)47-22(3)25-12-11-24-10-9-23(16-27(24)36-25)13-14-34(4,5)33(44)38-29;1-20(2)29-30(40)35-21(3)31(41)39-18-8-11-27(38-39)32(42)44-22(4)26-15-14-24-13-12-23(19-28(24)36-26)16-17-34(5,33(43)37-29)25-9-6-7-10-25;1-19(2)28-29(39)33-20(3)30(40)38-17-9-10-26(36-38)31(41)37(8)21(4)25-14-13-24-12-11-23(18-27(24)35-25)15-16-32(6,7)22(5)34-28;4*1-3-4-2/h9-14,16,21-22,26,28-29,39H,7-8,15,17-20H2,1-6H3,(H,37,41)(H,38,44);12-17,19-22,25,27,29,38H,6-11,18H2,1-5H3,(H,35,40)(H,37,43);11-16,18-21,26,28,34,36H,5,9-10,17H2,1-4,6-8H3,(H,33,39);4*3-4H2,1-2H3/b14-13+;17-16+;16-15+;;;;/t22-,26+,28+,29+;21-,22+,27-,29-,34?;20-,21+,26-,28-;;;;/m100..../s1. The van der Waals surface area contributed by atoms with Gasteiger partial charge in [-0.25, -0.2) is 26.2 Å². The molecule has 1 unspecified atom stereocenters. The van der Waals surface area contributed by atoms with Gasteiger partial charge >= 0.3 is 11.9 Å². The number of fused-ring (bicyclic) bond motifs is 12. The van der Waals surface area contributed by atoms with Crippen LogP contribution >= 0.6 is 0 Å². The van der Waals surface area contributed by atoms with Gasteiger partial charge in [-0.15, -0.1) is 0 Å². The number of esters is 2. The Morgan fingerprint density at radius 2 is 0.770 bits per heavy atom. The summed E-state index contributed by atoms with van der Waals surface area (Å²) in [5.74, 6) is -4.33. The van der Waals surface area contributed by atoms with E-state index in [-0.39, 0.29) is 77.2 Å². The number of carbonyl (C=O) groups is 11. The number of hydrazine groups is 3. The van der Waals surface area contributed by atoms with Crippen molar-refractivity contribution in [1.29, 1.82) is 0 Å². The van der Waals surface area contributed by atoms with Crippen LogP contribution in [-0.4, -0.2) is 207 Å². The van der Waals surface area contributed by atoms with Crippen molar-refractivity contribution in [1.82, 2.24) is 83.1 Å². The predicted octanol–water partition coefficient (Wildman–Crippen LogP) is 18.4. The Morgan fingerprint density at radius 3 is 1.18 bits per heavy atom. The maximum atomic E-state index is 14.1. The molecule has 10 heterocycles. The Hall–Kier alpha value is -11.4. The molecule has 1 aliphatic carbocycles. The first kappa shape index (κ1) is 122. The molecular weight excluding hydrogens is 1870 g/mol. The lowest BCUT2D eigenvalue weighted by atomic mass is 9.74. The van der Waals surface area contributed by atoms with Crippen LogP contribution in [0.2, 0.25) is 0 Å². The van der Waals surface area contributed by atoms with Gasteiger partial charge in [0.15, 0.2) is 0 Å². The maximum absolute atomic E-state index is 14.1. The Labute approximate surface area is 880 Å². The van der Waals surface area contributed by atoms with E-state index in [9.17, 15) is 52.7 Å². The van der Waals surface area contributed by atoms with Crippen LogP contribution in [-0.2, 0) is 71.7 Å². The van der Waals surface area contributed by atoms with Crippen molar-refractivity contribution >= 4 is 116 Å². The molecule has 3 aromatic carbocycles. The molecule has 14 rings (SSSR count). The van der Waals surface area contributed by atoms with Crippen LogP contribution in [0.3, 0.4) is 0 Å². The van der Waals surface area contributed by atoms with Crippen LogP contribution in [0.1, 0.15) is 341 Å². The SMILES string of the molecule is C=C1N[C@@H](C(C)C)C(=O)N[C@@H](C)C(=O)N2CCC[C@H](N2)C(=O)N(C)[C@H](C)c2ccc3ccc(cc3n2)/C=C/C1(C)C.CC(C)[C@@H]1NC(=O)C(C)(C)/C=C/c2ccc3ccc(nc3c2)[C@@H](C)OC(=O)[C@@H]2CCCN(N2)C(=O)[C@H](COCC2(C)COC2)NC1=O.CC(C)[C@@H]1NC(=O)C(C)(C2CCCC2)/C=C/c2ccc3ccc(nc3c2)[C@@H](C)OC(=O)[C@@H]2CCCN(N2)C(=O)[C@H](C)NC1=O.CCCC.CCCC.CCCC.CCCC. The monoisotopic (exact) mass is 2050 g/mol. The summed E-state index contributed by atoms with van der Waals surface area (Å²) in [6, 6.07) is 22.1. The number of benzene rings is 3. The molecule has 4 saturated heterocycles. The Kier molecular flexibility index (Phi) is 47.4. The topological polar surface area (TPSA) is 385 Å². The van der Waals surface area contributed by atoms with E-state index in [0.717, 1.165) is 80.8 Å². The summed E-state index contributed by atoms with van der Waals surface area (Å²) in [7, 11) is 1.77. The number of nitrogens with one attached hydrogen (secondary N) is 9. The number of likely N-dealkylation sites (N-methyl/N-ethyl adjacent to an activating group) is 1. The summed E-state index contributed by atoms with van der Waals surface area (Å²) in [6.07, 6.45) is 28.4. The molecule has 13 atom stereocenters. The Morgan fingerprint density at radius 1 is 0.412 bits per heavy atom. The Balaban J connectivity index is 0.000000252. The van der Waals surface area contributed by atoms with Gasteiger partial charge in [-0.2, -0.15) is 0 Å². The zero-order valence-corrected chi connectivity index (χ0v) is 93.5.